The van der Waals surface area contributed by atoms with E-state index in [0.717, 1.165) is 25.9 Å². The molecule has 0 radical (unpaired) electrons. The number of hydrogen-bond acceptors (Lipinski definition) is 8. The van der Waals surface area contributed by atoms with Crippen molar-refractivity contribution in [2.75, 3.05) is 47.5 Å². The molecular weight excluding hydrogens is 352 g/mol. The second kappa shape index (κ2) is 15.4. The number of carbonyl (C=O) groups is 3. The van der Waals surface area contributed by atoms with E-state index in [0.29, 0.717) is 25.4 Å². The number of carbonyl (C=O) groups excluding carboxylic acids is 3. The summed E-state index contributed by atoms with van der Waals surface area (Å²) in [5.41, 5.74) is 0. The van der Waals surface area contributed by atoms with Gasteiger partial charge >= 0.3 is 17.9 Å². The Morgan fingerprint density at radius 2 is 1.30 bits per heavy atom. The molecule has 0 saturated carbocycles. The van der Waals surface area contributed by atoms with Crippen molar-refractivity contribution in [1.29, 1.82) is 0 Å². The van der Waals surface area contributed by atoms with Crippen molar-refractivity contribution in [1.82, 2.24) is 10.2 Å². The van der Waals surface area contributed by atoms with Crippen LogP contribution in [0.2, 0.25) is 0 Å². The fourth-order valence-corrected chi connectivity index (χ4v) is 2.69. The SMILES string of the molecule is COC(=O)CCCC(C)CNCC(C)N(CCC(=O)OC)CCC(=O)OC. The minimum Gasteiger partial charge on any atom is -0.469 e. The molecule has 8 heteroatoms. The molecule has 0 aromatic rings. The van der Waals surface area contributed by atoms with Crippen LogP contribution in [0.5, 0.6) is 0 Å². The van der Waals surface area contributed by atoms with E-state index in [2.05, 4.69) is 28.8 Å². The van der Waals surface area contributed by atoms with Crippen molar-refractivity contribution >= 4 is 17.9 Å². The Balaban J connectivity index is 4.27. The predicted octanol–water partition coefficient (Wildman–Crippen LogP) is 1.37. The zero-order valence-electron chi connectivity index (χ0n) is 17.4. The van der Waals surface area contributed by atoms with Crippen LogP contribution in [0.25, 0.3) is 0 Å². The van der Waals surface area contributed by atoms with Crippen LogP contribution in [0.4, 0.5) is 0 Å². The van der Waals surface area contributed by atoms with Gasteiger partial charge in [0.05, 0.1) is 34.2 Å². The zero-order chi connectivity index (χ0) is 20.7. The van der Waals surface area contributed by atoms with Gasteiger partial charge in [0.2, 0.25) is 0 Å². The van der Waals surface area contributed by atoms with Gasteiger partial charge in [0.1, 0.15) is 0 Å². The molecule has 0 saturated heterocycles. The molecule has 1 N–H and O–H groups in total. The van der Waals surface area contributed by atoms with E-state index in [1.807, 2.05) is 0 Å². The molecule has 0 aliphatic carbocycles. The summed E-state index contributed by atoms with van der Waals surface area (Å²) in [5, 5.41) is 3.43. The standard InChI is InChI=1S/C19H36N2O6/c1-15(7-6-8-17(22)25-3)13-20-14-16(2)21(11-9-18(23)26-4)12-10-19(24)27-5/h15-16,20H,6-14H2,1-5H3. The number of ether oxygens (including phenoxy) is 3. The Labute approximate surface area is 162 Å². The van der Waals surface area contributed by atoms with E-state index in [-0.39, 0.29) is 36.8 Å². The van der Waals surface area contributed by atoms with Crippen molar-refractivity contribution in [3.63, 3.8) is 0 Å². The molecule has 158 valence electrons. The smallest absolute Gasteiger partial charge is 0.306 e. The molecule has 27 heavy (non-hydrogen) atoms. The Bertz CT molecular complexity index is 424. The molecule has 0 aliphatic heterocycles. The normalized spacial score (nSPS) is 13.1. The highest BCUT2D eigenvalue weighted by Gasteiger charge is 2.17. The van der Waals surface area contributed by atoms with Gasteiger partial charge in [0.25, 0.3) is 0 Å². The molecular formula is C19H36N2O6. The molecule has 2 atom stereocenters. The van der Waals surface area contributed by atoms with Gasteiger partial charge in [0.15, 0.2) is 0 Å². The lowest BCUT2D eigenvalue weighted by Gasteiger charge is -2.29. The van der Waals surface area contributed by atoms with Gasteiger partial charge in [-0.2, -0.15) is 0 Å². The van der Waals surface area contributed by atoms with Gasteiger partial charge in [-0.05, 0) is 32.2 Å². The van der Waals surface area contributed by atoms with Crippen molar-refractivity contribution in [2.24, 2.45) is 5.92 Å². The molecule has 0 aliphatic rings. The maximum Gasteiger partial charge on any atom is 0.306 e. The highest BCUT2D eigenvalue weighted by molar-refractivity contribution is 5.70. The number of nitrogens with one attached hydrogen (secondary N) is 1. The first-order valence-corrected chi connectivity index (χ1v) is 9.49. The summed E-state index contributed by atoms with van der Waals surface area (Å²) < 4.78 is 14.0. The molecule has 0 aromatic heterocycles. The second-order valence-corrected chi connectivity index (χ2v) is 6.77. The lowest BCUT2D eigenvalue weighted by atomic mass is 10.0. The van der Waals surface area contributed by atoms with Crippen LogP contribution in [0, 0.1) is 5.92 Å². The fraction of sp³-hybridized carbons (Fsp3) is 0.842. The summed E-state index contributed by atoms with van der Waals surface area (Å²) in [6.07, 6.45) is 2.78. The maximum absolute atomic E-state index is 11.4. The first-order chi connectivity index (χ1) is 12.8. The van der Waals surface area contributed by atoms with E-state index in [1.54, 1.807) is 0 Å². The van der Waals surface area contributed by atoms with Crippen molar-refractivity contribution in [2.45, 2.75) is 52.0 Å². The summed E-state index contributed by atoms with van der Waals surface area (Å²) in [5.74, 6) is -0.258. The number of nitrogens with zero attached hydrogens (tertiary/aromatic N) is 1. The quantitative estimate of drug-likeness (QED) is 0.332. The zero-order valence-corrected chi connectivity index (χ0v) is 17.4. The molecule has 0 heterocycles. The summed E-state index contributed by atoms with van der Waals surface area (Å²) in [6.45, 7) is 6.84. The van der Waals surface area contributed by atoms with Crippen LogP contribution in [0.1, 0.15) is 46.0 Å². The maximum atomic E-state index is 11.4. The molecule has 0 rings (SSSR count). The minimum atomic E-state index is -0.266. The highest BCUT2D eigenvalue weighted by Crippen LogP contribution is 2.08. The van der Waals surface area contributed by atoms with Crippen molar-refractivity contribution < 1.29 is 28.6 Å². The van der Waals surface area contributed by atoms with Crippen LogP contribution in [-0.4, -0.2) is 76.4 Å². The van der Waals surface area contributed by atoms with Crippen LogP contribution < -0.4 is 5.32 Å². The lowest BCUT2D eigenvalue weighted by Crippen LogP contribution is -2.43. The van der Waals surface area contributed by atoms with Gasteiger partial charge in [-0.3, -0.25) is 19.3 Å². The molecule has 0 amide bonds. The minimum absolute atomic E-state index is 0.154. The average Bonchev–Trinajstić information content (AvgIpc) is 2.66. The highest BCUT2D eigenvalue weighted by atomic mass is 16.5. The largest absolute Gasteiger partial charge is 0.469 e. The third-order valence-electron chi connectivity index (χ3n) is 4.52. The number of rotatable bonds is 15. The summed E-state index contributed by atoms with van der Waals surface area (Å²) in [6, 6.07) is 0.154. The Morgan fingerprint density at radius 1 is 0.815 bits per heavy atom. The fourth-order valence-electron chi connectivity index (χ4n) is 2.69. The van der Waals surface area contributed by atoms with E-state index >= 15 is 0 Å². The average molecular weight is 389 g/mol. The lowest BCUT2D eigenvalue weighted by molar-refractivity contribution is -0.142. The van der Waals surface area contributed by atoms with Crippen LogP contribution in [0.3, 0.4) is 0 Å². The molecule has 8 nitrogen and oxygen atoms in total. The van der Waals surface area contributed by atoms with E-state index < -0.39 is 0 Å². The molecule has 0 fully saturated rings. The Hall–Kier alpha value is -1.67. The van der Waals surface area contributed by atoms with E-state index in [4.69, 9.17) is 9.47 Å². The summed E-state index contributed by atoms with van der Waals surface area (Å²) in [4.78, 5) is 36.0. The van der Waals surface area contributed by atoms with Crippen molar-refractivity contribution in [3.05, 3.63) is 0 Å². The predicted molar refractivity (Wildman–Crippen MR) is 102 cm³/mol. The summed E-state index contributed by atoms with van der Waals surface area (Å²) >= 11 is 0. The molecule has 0 spiro atoms. The van der Waals surface area contributed by atoms with Crippen LogP contribution in [-0.2, 0) is 28.6 Å². The number of esters is 3. The molecule has 2 unspecified atom stereocenters. The monoisotopic (exact) mass is 388 g/mol. The third kappa shape index (κ3) is 13.2. The van der Waals surface area contributed by atoms with Gasteiger partial charge in [-0.15, -0.1) is 0 Å². The third-order valence-corrected chi connectivity index (χ3v) is 4.52. The topological polar surface area (TPSA) is 94.2 Å². The van der Waals surface area contributed by atoms with Gasteiger partial charge in [-0.1, -0.05) is 6.92 Å². The second-order valence-electron chi connectivity index (χ2n) is 6.77. The van der Waals surface area contributed by atoms with Gasteiger partial charge in [0, 0.05) is 32.1 Å². The van der Waals surface area contributed by atoms with E-state index in [9.17, 15) is 14.4 Å². The number of hydrogen-bond donors (Lipinski definition) is 1. The van der Waals surface area contributed by atoms with Crippen LogP contribution in [0.15, 0.2) is 0 Å². The number of methoxy groups -OCH3 is 3. The van der Waals surface area contributed by atoms with Gasteiger partial charge < -0.3 is 19.5 Å². The molecule has 0 bridgehead atoms. The van der Waals surface area contributed by atoms with Gasteiger partial charge in [-0.25, -0.2) is 0 Å². The first kappa shape index (κ1) is 25.3. The summed E-state index contributed by atoms with van der Waals surface area (Å²) in [7, 11) is 4.14. The first-order valence-electron chi connectivity index (χ1n) is 9.49. The Kier molecular flexibility index (Phi) is 14.4. The Morgan fingerprint density at radius 3 is 1.78 bits per heavy atom. The van der Waals surface area contributed by atoms with E-state index in [1.165, 1.54) is 21.3 Å². The van der Waals surface area contributed by atoms with Crippen molar-refractivity contribution in [3.8, 4) is 0 Å². The molecule has 0 aromatic carbocycles. The van der Waals surface area contributed by atoms with Crippen LogP contribution >= 0.6 is 0 Å².